The molecular weight excluding hydrogens is 504 g/mol. The Bertz CT molecular complexity index is 933. The summed E-state index contributed by atoms with van der Waals surface area (Å²) >= 11 is 15.3. The van der Waals surface area contributed by atoms with Gasteiger partial charge >= 0.3 is 0 Å². The van der Waals surface area contributed by atoms with Crippen LogP contribution in [0.4, 0.5) is 0 Å². The lowest BCUT2D eigenvalue weighted by Gasteiger charge is -1.98. The van der Waals surface area contributed by atoms with Gasteiger partial charge in [0, 0.05) is 51.0 Å². The third kappa shape index (κ3) is 3.33. The Morgan fingerprint density at radius 2 is 1.08 bits per heavy atom. The lowest BCUT2D eigenvalue weighted by atomic mass is 10.3. The van der Waals surface area contributed by atoms with E-state index in [2.05, 4.69) is 70.0 Å². The second-order valence-electron chi connectivity index (χ2n) is 5.71. The van der Waals surface area contributed by atoms with Gasteiger partial charge in [-0.1, -0.05) is 0 Å². The van der Waals surface area contributed by atoms with Gasteiger partial charge < -0.3 is 0 Å². The van der Waals surface area contributed by atoms with Gasteiger partial charge in [0.05, 0.1) is 9.40 Å². The standard InChI is InChI=1S/C18H14Br2S4/c1-9-3-5-11(21-9)7-13-15(19)17-18(23-13)16(20)14(24-17)8-12-6-4-10(2)22-12/h3-6H,7-8H2,1-2H3. The molecule has 0 aliphatic heterocycles. The summed E-state index contributed by atoms with van der Waals surface area (Å²) < 4.78 is 5.34. The molecule has 0 nitrogen and oxygen atoms in total. The van der Waals surface area contributed by atoms with Crippen LogP contribution in [0.1, 0.15) is 29.3 Å². The smallest absolute Gasteiger partial charge is 0.0610 e. The summed E-state index contributed by atoms with van der Waals surface area (Å²) in [7, 11) is 0. The first-order chi connectivity index (χ1) is 11.5. The van der Waals surface area contributed by atoms with Gasteiger partial charge in [-0.2, -0.15) is 0 Å². The predicted molar refractivity (Wildman–Crippen MR) is 119 cm³/mol. The van der Waals surface area contributed by atoms with E-state index in [1.807, 2.05) is 45.3 Å². The van der Waals surface area contributed by atoms with Gasteiger partial charge in [0.25, 0.3) is 0 Å². The zero-order valence-electron chi connectivity index (χ0n) is 13.1. The van der Waals surface area contributed by atoms with E-state index in [-0.39, 0.29) is 0 Å². The van der Waals surface area contributed by atoms with Crippen LogP contribution in [0.15, 0.2) is 33.2 Å². The highest BCUT2D eigenvalue weighted by atomic mass is 79.9. The van der Waals surface area contributed by atoms with Crippen LogP contribution >= 0.6 is 77.2 Å². The highest BCUT2D eigenvalue weighted by molar-refractivity contribution is 9.11. The Balaban J connectivity index is 1.67. The molecule has 0 aromatic carbocycles. The lowest BCUT2D eigenvalue weighted by molar-refractivity contribution is 1.29. The Morgan fingerprint density at radius 3 is 1.42 bits per heavy atom. The summed E-state index contributed by atoms with van der Waals surface area (Å²) in [5.74, 6) is 0. The quantitative estimate of drug-likeness (QED) is 0.255. The first kappa shape index (κ1) is 17.4. The highest BCUT2D eigenvalue weighted by Gasteiger charge is 2.19. The Hall–Kier alpha value is 0.0200. The van der Waals surface area contributed by atoms with Crippen molar-refractivity contribution < 1.29 is 0 Å². The maximum Gasteiger partial charge on any atom is 0.0610 e. The molecule has 0 saturated carbocycles. The van der Waals surface area contributed by atoms with Gasteiger partial charge in [0.2, 0.25) is 0 Å². The number of hydrogen-bond donors (Lipinski definition) is 0. The Morgan fingerprint density at radius 1 is 0.667 bits per heavy atom. The molecule has 0 bridgehead atoms. The SMILES string of the molecule is Cc1ccc(Cc2sc3c(Br)c(Cc4ccc(C)s4)sc3c2Br)s1. The lowest BCUT2D eigenvalue weighted by Crippen LogP contribution is -1.81. The van der Waals surface area contributed by atoms with Crippen LogP contribution in [0.2, 0.25) is 0 Å². The van der Waals surface area contributed by atoms with Crippen molar-refractivity contribution in [1.29, 1.82) is 0 Å². The molecule has 4 aromatic rings. The molecule has 4 rings (SSSR count). The first-order valence-corrected chi connectivity index (χ1v) is 12.3. The molecule has 6 heteroatoms. The average molecular weight is 518 g/mol. The van der Waals surface area contributed by atoms with E-state index < -0.39 is 0 Å². The number of thiophene rings is 4. The molecule has 0 fully saturated rings. The monoisotopic (exact) mass is 516 g/mol. The predicted octanol–water partition coefficient (Wildman–Crippen LogP) is 8.41. The fraction of sp³-hybridized carbons (Fsp3) is 0.222. The zero-order valence-corrected chi connectivity index (χ0v) is 19.6. The van der Waals surface area contributed by atoms with Crippen LogP contribution in [0.3, 0.4) is 0 Å². The van der Waals surface area contributed by atoms with Crippen LogP contribution in [0, 0.1) is 13.8 Å². The molecule has 0 saturated heterocycles. The van der Waals surface area contributed by atoms with E-state index in [9.17, 15) is 0 Å². The van der Waals surface area contributed by atoms with Crippen molar-refractivity contribution in [1.82, 2.24) is 0 Å². The minimum absolute atomic E-state index is 1.02. The molecule has 0 amide bonds. The maximum atomic E-state index is 3.86. The average Bonchev–Trinajstić information content (AvgIpc) is 3.27. The molecule has 0 unspecified atom stereocenters. The maximum absolute atomic E-state index is 3.86. The van der Waals surface area contributed by atoms with E-state index >= 15 is 0 Å². The fourth-order valence-electron chi connectivity index (χ4n) is 2.68. The molecule has 0 radical (unpaired) electrons. The van der Waals surface area contributed by atoms with E-state index in [1.165, 1.54) is 47.6 Å². The fourth-order valence-corrected chi connectivity index (χ4v) is 9.10. The normalized spacial score (nSPS) is 11.7. The number of hydrogen-bond acceptors (Lipinski definition) is 4. The van der Waals surface area contributed by atoms with Crippen molar-refractivity contribution in [3.63, 3.8) is 0 Å². The summed E-state index contributed by atoms with van der Waals surface area (Å²) in [6.07, 6.45) is 2.05. The number of aryl methyl sites for hydroxylation is 2. The minimum Gasteiger partial charge on any atom is -0.145 e. The van der Waals surface area contributed by atoms with Crippen LogP contribution in [0.5, 0.6) is 0 Å². The number of fused-ring (bicyclic) bond motifs is 1. The van der Waals surface area contributed by atoms with Gasteiger partial charge in [0.15, 0.2) is 0 Å². The molecular formula is C18H14Br2S4. The number of rotatable bonds is 4. The first-order valence-electron chi connectivity index (χ1n) is 7.50. The summed E-state index contributed by atoms with van der Waals surface area (Å²) in [6.45, 7) is 4.34. The third-order valence-corrected chi connectivity index (χ3v) is 11.2. The molecule has 0 atom stereocenters. The van der Waals surface area contributed by atoms with Crippen molar-refractivity contribution in [2.24, 2.45) is 0 Å². The van der Waals surface area contributed by atoms with Crippen molar-refractivity contribution >= 4 is 86.6 Å². The van der Waals surface area contributed by atoms with E-state index in [4.69, 9.17) is 0 Å². The molecule has 24 heavy (non-hydrogen) atoms. The molecule has 4 aromatic heterocycles. The number of halogens is 2. The Labute approximate surface area is 174 Å². The van der Waals surface area contributed by atoms with Crippen LogP contribution < -0.4 is 0 Å². The third-order valence-electron chi connectivity index (χ3n) is 3.81. The molecule has 0 spiro atoms. The molecule has 0 N–H and O–H groups in total. The van der Waals surface area contributed by atoms with Crippen molar-refractivity contribution in [2.75, 3.05) is 0 Å². The van der Waals surface area contributed by atoms with E-state index in [0.717, 1.165) is 12.8 Å². The van der Waals surface area contributed by atoms with Crippen molar-refractivity contribution in [2.45, 2.75) is 26.7 Å². The Kier molecular flexibility index (Phi) is 5.06. The van der Waals surface area contributed by atoms with Crippen LogP contribution in [0.25, 0.3) is 9.40 Å². The summed E-state index contributed by atoms with van der Waals surface area (Å²) in [6, 6.07) is 8.92. The van der Waals surface area contributed by atoms with Crippen molar-refractivity contribution in [3.05, 3.63) is 62.5 Å². The second kappa shape index (κ2) is 6.97. The van der Waals surface area contributed by atoms with Gasteiger partial charge in [-0.25, -0.2) is 0 Å². The van der Waals surface area contributed by atoms with Gasteiger partial charge in [-0.15, -0.1) is 45.3 Å². The molecule has 124 valence electrons. The van der Waals surface area contributed by atoms with Crippen LogP contribution in [-0.4, -0.2) is 0 Å². The highest BCUT2D eigenvalue weighted by Crippen LogP contribution is 2.47. The van der Waals surface area contributed by atoms with Gasteiger partial charge in [0.1, 0.15) is 0 Å². The largest absolute Gasteiger partial charge is 0.145 e. The summed E-state index contributed by atoms with van der Waals surface area (Å²) in [5.41, 5.74) is 0. The molecule has 0 aliphatic rings. The minimum atomic E-state index is 1.02. The molecule has 4 heterocycles. The van der Waals surface area contributed by atoms with E-state index in [0.29, 0.717) is 0 Å². The van der Waals surface area contributed by atoms with E-state index in [1.54, 1.807) is 0 Å². The zero-order chi connectivity index (χ0) is 16.8. The topological polar surface area (TPSA) is 0 Å². The second-order valence-corrected chi connectivity index (χ2v) is 12.3. The van der Waals surface area contributed by atoms with Gasteiger partial charge in [-0.3, -0.25) is 0 Å². The van der Waals surface area contributed by atoms with Crippen LogP contribution in [-0.2, 0) is 12.8 Å². The summed E-state index contributed by atoms with van der Waals surface area (Å²) in [5, 5.41) is 0. The van der Waals surface area contributed by atoms with Gasteiger partial charge in [-0.05, 0) is 70.0 Å². The molecule has 0 aliphatic carbocycles. The van der Waals surface area contributed by atoms with Crippen molar-refractivity contribution in [3.8, 4) is 0 Å². The summed E-state index contributed by atoms with van der Waals surface area (Å²) in [4.78, 5) is 8.50.